The van der Waals surface area contributed by atoms with Crippen molar-refractivity contribution in [1.29, 1.82) is 0 Å². The average Bonchev–Trinajstić information content (AvgIpc) is 2.58. The molecular formula is C8H13N3O. The van der Waals surface area contributed by atoms with Gasteiger partial charge in [0, 0.05) is 6.04 Å². The van der Waals surface area contributed by atoms with Crippen molar-refractivity contribution in [1.82, 2.24) is 9.97 Å². The fraction of sp³-hybridized carbons (Fsp3) is 0.625. The van der Waals surface area contributed by atoms with Crippen molar-refractivity contribution in [2.45, 2.75) is 25.0 Å². The van der Waals surface area contributed by atoms with Crippen molar-refractivity contribution in [3.05, 3.63) is 18.2 Å². The first-order valence-corrected chi connectivity index (χ1v) is 4.21. The molecule has 0 bridgehead atoms. The highest BCUT2D eigenvalue weighted by Crippen LogP contribution is 2.25. The van der Waals surface area contributed by atoms with Gasteiger partial charge in [0.25, 0.3) is 0 Å². The van der Waals surface area contributed by atoms with Gasteiger partial charge in [-0.05, 0) is 12.8 Å². The van der Waals surface area contributed by atoms with Crippen LogP contribution in [0.1, 0.15) is 24.6 Å². The molecule has 1 aliphatic heterocycles. The molecule has 4 nitrogen and oxygen atoms in total. The summed E-state index contributed by atoms with van der Waals surface area (Å²) in [4.78, 5) is 6.99. The largest absolute Gasteiger partial charge is 0.370 e. The summed E-state index contributed by atoms with van der Waals surface area (Å²) >= 11 is 0. The number of nitrogens with one attached hydrogen (secondary N) is 1. The van der Waals surface area contributed by atoms with Crippen LogP contribution < -0.4 is 5.73 Å². The number of H-pyrrole nitrogens is 1. The predicted octanol–water partition coefficient (Wildman–Crippen LogP) is 0.588. The van der Waals surface area contributed by atoms with Gasteiger partial charge in [-0.15, -0.1) is 0 Å². The van der Waals surface area contributed by atoms with Crippen LogP contribution in [0.2, 0.25) is 0 Å². The lowest BCUT2D eigenvalue weighted by molar-refractivity contribution is 0.00186. The fourth-order valence-electron chi connectivity index (χ4n) is 1.46. The van der Waals surface area contributed by atoms with Crippen LogP contribution in [0.5, 0.6) is 0 Å². The number of rotatable bonds is 1. The Balaban J connectivity index is 1.99. The molecule has 2 rings (SSSR count). The highest BCUT2D eigenvalue weighted by atomic mass is 16.5. The number of aromatic amines is 1. The normalized spacial score (nSPS) is 30.4. The summed E-state index contributed by atoms with van der Waals surface area (Å²) in [5.41, 5.74) is 6.76. The van der Waals surface area contributed by atoms with Crippen LogP contribution in [-0.4, -0.2) is 22.6 Å². The van der Waals surface area contributed by atoms with Crippen molar-refractivity contribution >= 4 is 0 Å². The van der Waals surface area contributed by atoms with Gasteiger partial charge in [0.1, 0.15) is 0 Å². The lowest BCUT2D eigenvalue weighted by Gasteiger charge is -2.25. The van der Waals surface area contributed by atoms with Gasteiger partial charge in [-0.25, -0.2) is 4.98 Å². The van der Waals surface area contributed by atoms with Gasteiger partial charge in [0.15, 0.2) is 0 Å². The van der Waals surface area contributed by atoms with Crippen molar-refractivity contribution in [3.8, 4) is 0 Å². The van der Waals surface area contributed by atoms with E-state index in [1.165, 1.54) is 0 Å². The molecule has 0 spiro atoms. The van der Waals surface area contributed by atoms with E-state index in [4.69, 9.17) is 10.5 Å². The summed E-state index contributed by atoms with van der Waals surface area (Å²) in [5, 5.41) is 0. The van der Waals surface area contributed by atoms with Crippen molar-refractivity contribution < 1.29 is 4.74 Å². The Labute approximate surface area is 71.1 Å². The maximum atomic E-state index is 5.70. The van der Waals surface area contributed by atoms with Crippen LogP contribution in [0.3, 0.4) is 0 Å². The van der Waals surface area contributed by atoms with Crippen LogP contribution >= 0.6 is 0 Å². The molecule has 0 amide bonds. The summed E-state index contributed by atoms with van der Waals surface area (Å²) in [5.74, 6) is 0. The fourth-order valence-corrected chi connectivity index (χ4v) is 1.46. The van der Waals surface area contributed by atoms with E-state index < -0.39 is 0 Å². The summed E-state index contributed by atoms with van der Waals surface area (Å²) < 4.78 is 5.54. The molecule has 1 aromatic heterocycles. The van der Waals surface area contributed by atoms with E-state index in [9.17, 15) is 0 Å². The lowest BCUT2D eigenvalue weighted by atomic mass is 10.0. The number of hydrogen-bond acceptors (Lipinski definition) is 3. The molecule has 2 atom stereocenters. The van der Waals surface area contributed by atoms with E-state index in [1.54, 1.807) is 6.33 Å². The number of nitrogens with two attached hydrogens (primary N) is 1. The van der Waals surface area contributed by atoms with Crippen molar-refractivity contribution in [2.75, 3.05) is 6.61 Å². The number of aromatic nitrogens is 2. The molecular weight excluding hydrogens is 154 g/mol. The summed E-state index contributed by atoms with van der Waals surface area (Å²) in [6, 6.07) is 0.212. The third-order valence-corrected chi connectivity index (χ3v) is 2.18. The van der Waals surface area contributed by atoms with Crippen LogP contribution in [0.25, 0.3) is 0 Å². The van der Waals surface area contributed by atoms with Gasteiger partial charge < -0.3 is 15.5 Å². The standard InChI is InChI=1S/C8H13N3O/c9-6-1-2-8(12-4-6)7-3-10-5-11-7/h3,5-6,8H,1-2,4,9H2,(H,10,11)/t6-,8-/m1/s1. The minimum atomic E-state index is 0.173. The number of nitrogens with zero attached hydrogens (tertiary/aromatic N) is 1. The van der Waals surface area contributed by atoms with E-state index in [1.807, 2.05) is 6.20 Å². The minimum absolute atomic E-state index is 0.173. The van der Waals surface area contributed by atoms with Gasteiger partial charge >= 0.3 is 0 Å². The minimum Gasteiger partial charge on any atom is -0.370 e. The Morgan fingerprint density at radius 3 is 3.08 bits per heavy atom. The second kappa shape index (κ2) is 3.25. The molecule has 12 heavy (non-hydrogen) atoms. The van der Waals surface area contributed by atoms with Crippen molar-refractivity contribution in [2.24, 2.45) is 5.73 Å². The molecule has 66 valence electrons. The second-order valence-corrected chi connectivity index (χ2v) is 3.17. The zero-order valence-electron chi connectivity index (χ0n) is 6.86. The van der Waals surface area contributed by atoms with Gasteiger partial charge in [-0.1, -0.05) is 0 Å². The number of ether oxygens (including phenoxy) is 1. The van der Waals surface area contributed by atoms with E-state index in [0.717, 1.165) is 18.5 Å². The summed E-state index contributed by atoms with van der Waals surface area (Å²) in [6.45, 7) is 0.656. The Hall–Kier alpha value is -0.870. The maximum absolute atomic E-state index is 5.70. The molecule has 3 N–H and O–H groups in total. The zero-order chi connectivity index (χ0) is 8.39. The van der Waals surface area contributed by atoms with Gasteiger partial charge in [-0.3, -0.25) is 0 Å². The maximum Gasteiger partial charge on any atom is 0.0989 e. The van der Waals surface area contributed by atoms with Gasteiger partial charge in [-0.2, -0.15) is 0 Å². The van der Waals surface area contributed by atoms with Crippen LogP contribution in [0.4, 0.5) is 0 Å². The molecule has 0 aliphatic carbocycles. The van der Waals surface area contributed by atoms with Crippen molar-refractivity contribution in [3.63, 3.8) is 0 Å². The van der Waals surface area contributed by atoms with E-state index in [-0.39, 0.29) is 12.1 Å². The third-order valence-electron chi connectivity index (χ3n) is 2.18. The van der Waals surface area contributed by atoms with E-state index >= 15 is 0 Å². The van der Waals surface area contributed by atoms with Gasteiger partial charge in [0.05, 0.1) is 30.9 Å². The summed E-state index contributed by atoms with van der Waals surface area (Å²) in [6.07, 6.45) is 5.68. The molecule has 0 radical (unpaired) electrons. The molecule has 0 aromatic carbocycles. The Morgan fingerprint density at radius 2 is 2.50 bits per heavy atom. The molecule has 4 heteroatoms. The third kappa shape index (κ3) is 1.49. The van der Waals surface area contributed by atoms with Crippen LogP contribution in [0, 0.1) is 0 Å². The first-order chi connectivity index (χ1) is 5.86. The Morgan fingerprint density at radius 1 is 1.58 bits per heavy atom. The highest BCUT2D eigenvalue weighted by molar-refractivity contribution is 5.00. The Bertz CT molecular complexity index is 226. The van der Waals surface area contributed by atoms with E-state index in [2.05, 4.69) is 9.97 Å². The smallest absolute Gasteiger partial charge is 0.0989 e. The number of hydrogen-bond donors (Lipinski definition) is 2. The van der Waals surface area contributed by atoms with Crippen LogP contribution in [0.15, 0.2) is 12.5 Å². The molecule has 0 unspecified atom stereocenters. The number of imidazole rings is 1. The second-order valence-electron chi connectivity index (χ2n) is 3.17. The molecule has 0 saturated carbocycles. The average molecular weight is 167 g/mol. The predicted molar refractivity (Wildman–Crippen MR) is 44.5 cm³/mol. The van der Waals surface area contributed by atoms with E-state index in [0.29, 0.717) is 6.61 Å². The molecule has 2 heterocycles. The lowest BCUT2D eigenvalue weighted by Crippen LogP contribution is -2.32. The monoisotopic (exact) mass is 167 g/mol. The van der Waals surface area contributed by atoms with Gasteiger partial charge in [0.2, 0.25) is 0 Å². The first-order valence-electron chi connectivity index (χ1n) is 4.21. The topological polar surface area (TPSA) is 63.9 Å². The summed E-state index contributed by atoms with van der Waals surface area (Å²) in [7, 11) is 0. The highest BCUT2D eigenvalue weighted by Gasteiger charge is 2.20. The zero-order valence-corrected chi connectivity index (χ0v) is 6.86. The molecule has 1 fully saturated rings. The molecule has 1 saturated heterocycles. The SMILES string of the molecule is N[C@@H]1CC[C@H](c2cnc[nH]2)OC1. The molecule has 1 aromatic rings. The Kier molecular flexibility index (Phi) is 2.10. The first kappa shape index (κ1) is 7.76. The molecule has 1 aliphatic rings. The van der Waals surface area contributed by atoms with Crippen LogP contribution in [-0.2, 0) is 4.74 Å². The quantitative estimate of drug-likeness (QED) is 0.643.